The van der Waals surface area contributed by atoms with Crippen molar-refractivity contribution in [3.63, 3.8) is 0 Å². The van der Waals surface area contributed by atoms with Gasteiger partial charge in [-0.3, -0.25) is 34.2 Å². The molecule has 0 spiro atoms. The molecule has 2 fully saturated rings. The molecule has 1 aromatic carbocycles. The fourth-order valence-corrected chi connectivity index (χ4v) is 3.97. The van der Waals surface area contributed by atoms with Crippen molar-refractivity contribution in [1.82, 2.24) is 15.5 Å². The normalized spacial score (nSPS) is 24.4. The average Bonchev–Trinajstić information content (AvgIpc) is 3.24. The van der Waals surface area contributed by atoms with E-state index in [0.717, 1.165) is 24.4 Å². The number of imide groups is 2. The summed E-state index contributed by atoms with van der Waals surface area (Å²) in [4.78, 5) is 62.5. The highest BCUT2D eigenvalue weighted by Crippen LogP contribution is 2.32. The SMILES string of the molecule is O=C1CCC(N2C(=O)c3cccc(NC(=O)C[C@@H]4CCNC4)c3C2=O)C(=O)N1. The zero-order chi connectivity index (χ0) is 19.8. The maximum Gasteiger partial charge on any atom is 0.264 e. The number of hydrogen-bond acceptors (Lipinski definition) is 6. The molecule has 9 heteroatoms. The predicted molar refractivity (Wildman–Crippen MR) is 97.3 cm³/mol. The Morgan fingerprint density at radius 1 is 1.14 bits per heavy atom. The summed E-state index contributed by atoms with van der Waals surface area (Å²) in [5, 5.41) is 8.10. The van der Waals surface area contributed by atoms with Gasteiger partial charge in [-0.1, -0.05) is 6.07 Å². The van der Waals surface area contributed by atoms with Crippen LogP contribution >= 0.6 is 0 Å². The topological polar surface area (TPSA) is 125 Å². The number of hydrogen-bond donors (Lipinski definition) is 3. The van der Waals surface area contributed by atoms with Crippen LogP contribution in [0.1, 0.15) is 46.4 Å². The van der Waals surface area contributed by atoms with Gasteiger partial charge in [0.05, 0.1) is 16.8 Å². The van der Waals surface area contributed by atoms with Gasteiger partial charge in [0.15, 0.2) is 0 Å². The first-order chi connectivity index (χ1) is 13.5. The van der Waals surface area contributed by atoms with Crippen LogP contribution in [0.25, 0.3) is 0 Å². The van der Waals surface area contributed by atoms with E-state index in [2.05, 4.69) is 16.0 Å². The van der Waals surface area contributed by atoms with Gasteiger partial charge in [-0.25, -0.2) is 0 Å². The van der Waals surface area contributed by atoms with Gasteiger partial charge in [0.2, 0.25) is 17.7 Å². The van der Waals surface area contributed by atoms with E-state index < -0.39 is 29.7 Å². The van der Waals surface area contributed by atoms with E-state index in [9.17, 15) is 24.0 Å². The van der Waals surface area contributed by atoms with Crippen LogP contribution in [0.5, 0.6) is 0 Å². The maximum absolute atomic E-state index is 13.0. The van der Waals surface area contributed by atoms with Crippen LogP contribution in [0.4, 0.5) is 5.69 Å². The monoisotopic (exact) mass is 384 g/mol. The molecule has 1 unspecified atom stereocenters. The maximum atomic E-state index is 13.0. The van der Waals surface area contributed by atoms with Gasteiger partial charge in [0, 0.05) is 12.8 Å². The van der Waals surface area contributed by atoms with Crippen molar-refractivity contribution in [2.75, 3.05) is 18.4 Å². The average molecular weight is 384 g/mol. The first-order valence-corrected chi connectivity index (χ1v) is 9.31. The van der Waals surface area contributed by atoms with Crippen molar-refractivity contribution in [3.8, 4) is 0 Å². The lowest BCUT2D eigenvalue weighted by Crippen LogP contribution is -2.54. The molecule has 2 atom stereocenters. The number of benzene rings is 1. The molecule has 4 rings (SSSR count). The van der Waals surface area contributed by atoms with Crippen molar-refractivity contribution >= 4 is 35.2 Å². The lowest BCUT2D eigenvalue weighted by atomic mass is 10.0. The first-order valence-electron chi connectivity index (χ1n) is 9.31. The van der Waals surface area contributed by atoms with E-state index in [-0.39, 0.29) is 41.5 Å². The van der Waals surface area contributed by atoms with E-state index in [1.807, 2.05) is 0 Å². The number of carbonyl (C=O) groups is 5. The van der Waals surface area contributed by atoms with Gasteiger partial charge in [-0.15, -0.1) is 0 Å². The van der Waals surface area contributed by atoms with Crippen LogP contribution < -0.4 is 16.0 Å². The van der Waals surface area contributed by atoms with Crippen LogP contribution in [-0.2, 0) is 14.4 Å². The Morgan fingerprint density at radius 2 is 1.96 bits per heavy atom. The third kappa shape index (κ3) is 3.18. The standard InChI is InChI=1S/C19H20N4O5/c24-14-5-4-13(17(26)22-14)23-18(27)11-2-1-3-12(16(11)19(23)28)21-15(25)8-10-6-7-20-9-10/h1-3,10,13,20H,4-9H2,(H,21,25)(H,22,24,26)/t10-,13?/m0/s1. The van der Waals surface area contributed by atoms with Gasteiger partial charge >= 0.3 is 0 Å². The molecule has 0 radical (unpaired) electrons. The molecule has 28 heavy (non-hydrogen) atoms. The summed E-state index contributed by atoms with van der Waals surface area (Å²) in [5.41, 5.74) is 0.506. The van der Waals surface area contributed by atoms with Gasteiger partial charge in [0.1, 0.15) is 6.04 Å². The minimum absolute atomic E-state index is 0.0584. The Hall–Kier alpha value is -3.07. The highest BCUT2D eigenvalue weighted by molar-refractivity contribution is 6.26. The minimum atomic E-state index is -1.03. The molecule has 9 nitrogen and oxygen atoms in total. The van der Waals surface area contributed by atoms with Crippen LogP contribution in [0.15, 0.2) is 18.2 Å². The van der Waals surface area contributed by atoms with Crippen LogP contribution in [0.2, 0.25) is 0 Å². The third-order valence-electron chi connectivity index (χ3n) is 5.38. The molecule has 3 aliphatic rings. The third-order valence-corrected chi connectivity index (χ3v) is 5.38. The second kappa shape index (κ2) is 7.16. The largest absolute Gasteiger partial charge is 0.325 e. The number of nitrogens with zero attached hydrogens (tertiary/aromatic N) is 1. The van der Waals surface area contributed by atoms with E-state index >= 15 is 0 Å². The van der Waals surface area contributed by atoms with E-state index in [1.165, 1.54) is 6.07 Å². The smallest absolute Gasteiger partial charge is 0.264 e. The van der Waals surface area contributed by atoms with Crippen molar-refractivity contribution in [2.45, 2.75) is 31.7 Å². The number of rotatable bonds is 4. The summed E-state index contributed by atoms with van der Waals surface area (Å²) in [5.74, 6) is -2.29. The zero-order valence-corrected chi connectivity index (χ0v) is 15.1. The van der Waals surface area contributed by atoms with Crippen molar-refractivity contribution < 1.29 is 24.0 Å². The van der Waals surface area contributed by atoms with E-state index in [1.54, 1.807) is 12.1 Å². The Morgan fingerprint density at radius 3 is 2.68 bits per heavy atom. The fourth-order valence-electron chi connectivity index (χ4n) is 3.97. The number of amides is 5. The minimum Gasteiger partial charge on any atom is -0.325 e. The van der Waals surface area contributed by atoms with Crippen molar-refractivity contribution in [2.24, 2.45) is 5.92 Å². The lowest BCUT2D eigenvalue weighted by Gasteiger charge is -2.27. The second-order valence-corrected chi connectivity index (χ2v) is 7.29. The van der Waals surface area contributed by atoms with Gasteiger partial charge in [0.25, 0.3) is 11.8 Å². The zero-order valence-electron chi connectivity index (χ0n) is 15.1. The molecule has 146 valence electrons. The molecule has 0 aliphatic carbocycles. The molecule has 3 aliphatic heterocycles. The van der Waals surface area contributed by atoms with Crippen LogP contribution in [-0.4, -0.2) is 53.6 Å². The van der Waals surface area contributed by atoms with Crippen molar-refractivity contribution in [1.29, 1.82) is 0 Å². The number of nitrogens with one attached hydrogen (secondary N) is 3. The summed E-state index contributed by atoms with van der Waals surface area (Å²) in [6.07, 6.45) is 1.39. The molecular formula is C19H20N4O5. The molecule has 0 saturated carbocycles. The Bertz CT molecular complexity index is 890. The van der Waals surface area contributed by atoms with Gasteiger partial charge < -0.3 is 10.6 Å². The van der Waals surface area contributed by atoms with Gasteiger partial charge in [-0.2, -0.15) is 0 Å². The van der Waals surface area contributed by atoms with E-state index in [4.69, 9.17) is 0 Å². The number of fused-ring (bicyclic) bond motifs is 1. The number of piperidine rings is 1. The Kier molecular flexibility index (Phi) is 4.68. The Labute approximate surface area is 160 Å². The summed E-state index contributed by atoms with van der Waals surface area (Å²) >= 11 is 0. The molecule has 3 heterocycles. The molecule has 0 aromatic heterocycles. The first kappa shape index (κ1) is 18.3. The number of carbonyl (C=O) groups excluding carboxylic acids is 5. The fraction of sp³-hybridized carbons (Fsp3) is 0.421. The highest BCUT2D eigenvalue weighted by Gasteiger charge is 2.45. The number of anilines is 1. The Balaban J connectivity index is 1.56. The van der Waals surface area contributed by atoms with Crippen molar-refractivity contribution in [3.05, 3.63) is 29.3 Å². The van der Waals surface area contributed by atoms with E-state index in [0.29, 0.717) is 6.42 Å². The molecular weight excluding hydrogens is 364 g/mol. The second-order valence-electron chi connectivity index (χ2n) is 7.29. The molecule has 0 bridgehead atoms. The molecule has 2 saturated heterocycles. The molecule has 5 amide bonds. The summed E-state index contributed by atoms with van der Waals surface area (Å²) in [6.45, 7) is 1.66. The molecule has 3 N–H and O–H groups in total. The quantitative estimate of drug-likeness (QED) is 0.629. The molecule has 1 aromatic rings. The summed E-state index contributed by atoms with van der Waals surface area (Å²) < 4.78 is 0. The van der Waals surface area contributed by atoms with Gasteiger partial charge in [-0.05, 0) is 44.0 Å². The summed E-state index contributed by atoms with van der Waals surface area (Å²) in [6, 6.07) is 3.63. The van der Waals surface area contributed by atoms with Crippen LogP contribution in [0, 0.1) is 5.92 Å². The summed E-state index contributed by atoms with van der Waals surface area (Å²) in [7, 11) is 0. The predicted octanol–water partition coefficient (Wildman–Crippen LogP) is 0.0259. The van der Waals surface area contributed by atoms with Crippen LogP contribution in [0.3, 0.4) is 0 Å². The lowest BCUT2D eigenvalue weighted by molar-refractivity contribution is -0.136. The highest BCUT2D eigenvalue weighted by atomic mass is 16.2.